The second-order valence-electron chi connectivity index (χ2n) is 6.64. The molecule has 1 aliphatic rings. The van der Waals surface area contributed by atoms with E-state index in [0.717, 1.165) is 5.56 Å². The summed E-state index contributed by atoms with van der Waals surface area (Å²) in [5.74, 6) is -0.575. The van der Waals surface area contributed by atoms with E-state index in [-0.39, 0.29) is 24.2 Å². The number of nitriles is 1. The minimum Gasteiger partial charge on any atom is -0.379 e. The molecule has 1 N–H and O–H groups in total. The molecule has 28 heavy (non-hydrogen) atoms. The highest BCUT2D eigenvalue weighted by Crippen LogP contribution is 2.22. The molecule has 2 aromatic rings. The molecule has 1 unspecified atom stereocenters. The Bertz CT molecular complexity index is 953. The number of nitrogens with one attached hydrogen (secondary N) is 1. The Kier molecular flexibility index (Phi) is 6.75. The van der Waals surface area contributed by atoms with Gasteiger partial charge in [-0.3, -0.25) is 4.90 Å². The van der Waals surface area contributed by atoms with Crippen molar-refractivity contribution >= 4 is 10.0 Å². The zero-order chi connectivity index (χ0) is 20.0. The van der Waals surface area contributed by atoms with E-state index in [1.165, 1.54) is 12.1 Å². The molecule has 1 saturated heterocycles. The molecule has 148 valence electrons. The van der Waals surface area contributed by atoms with Crippen LogP contribution >= 0.6 is 0 Å². The maximum Gasteiger partial charge on any atom is 0.215 e. The van der Waals surface area contributed by atoms with Gasteiger partial charge in [0.25, 0.3) is 0 Å². The zero-order valence-corrected chi connectivity index (χ0v) is 16.2. The molecule has 1 fully saturated rings. The van der Waals surface area contributed by atoms with E-state index in [1.54, 1.807) is 36.4 Å². The fourth-order valence-corrected chi connectivity index (χ4v) is 4.40. The van der Waals surface area contributed by atoms with Crippen molar-refractivity contribution < 1.29 is 17.5 Å². The van der Waals surface area contributed by atoms with Crippen LogP contribution in [0.25, 0.3) is 0 Å². The molecule has 8 heteroatoms. The van der Waals surface area contributed by atoms with Crippen molar-refractivity contribution in [1.82, 2.24) is 9.62 Å². The van der Waals surface area contributed by atoms with Crippen molar-refractivity contribution in [2.45, 2.75) is 11.8 Å². The number of sulfonamides is 1. The summed E-state index contributed by atoms with van der Waals surface area (Å²) in [5, 5.41) is 8.97. The van der Waals surface area contributed by atoms with Gasteiger partial charge in [-0.2, -0.15) is 5.26 Å². The predicted molar refractivity (Wildman–Crippen MR) is 103 cm³/mol. The van der Waals surface area contributed by atoms with Gasteiger partial charge in [0.15, 0.2) is 0 Å². The van der Waals surface area contributed by atoms with E-state index >= 15 is 0 Å². The first-order valence-corrected chi connectivity index (χ1v) is 10.7. The Morgan fingerprint density at radius 3 is 2.64 bits per heavy atom. The van der Waals surface area contributed by atoms with Crippen LogP contribution in [0.1, 0.15) is 22.7 Å². The van der Waals surface area contributed by atoms with Crippen molar-refractivity contribution in [1.29, 1.82) is 5.26 Å². The molecule has 1 aliphatic heterocycles. The third-order valence-electron chi connectivity index (χ3n) is 4.63. The van der Waals surface area contributed by atoms with Crippen LogP contribution in [0, 0.1) is 17.1 Å². The summed E-state index contributed by atoms with van der Waals surface area (Å²) in [6.07, 6.45) is 0. The van der Waals surface area contributed by atoms with Crippen LogP contribution in [-0.4, -0.2) is 46.2 Å². The normalized spacial score (nSPS) is 16.4. The molecule has 0 spiro atoms. The number of halogens is 1. The maximum atomic E-state index is 13.7. The lowest BCUT2D eigenvalue weighted by Crippen LogP contribution is -2.44. The van der Waals surface area contributed by atoms with E-state index in [9.17, 15) is 12.8 Å². The van der Waals surface area contributed by atoms with Gasteiger partial charge in [-0.15, -0.1) is 0 Å². The first kappa shape index (κ1) is 20.4. The third-order valence-corrected chi connectivity index (χ3v) is 5.95. The molecule has 1 atom stereocenters. The number of rotatable bonds is 7. The van der Waals surface area contributed by atoms with Crippen molar-refractivity contribution in [3.63, 3.8) is 0 Å². The van der Waals surface area contributed by atoms with Crippen molar-refractivity contribution in [2.24, 2.45) is 0 Å². The van der Waals surface area contributed by atoms with Gasteiger partial charge < -0.3 is 4.74 Å². The molecule has 0 amide bonds. The van der Waals surface area contributed by atoms with Crippen molar-refractivity contribution in [3.8, 4) is 6.07 Å². The number of morpholine rings is 1. The first-order valence-electron chi connectivity index (χ1n) is 9.00. The fourth-order valence-electron chi connectivity index (χ4n) is 3.27. The highest BCUT2D eigenvalue weighted by atomic mass is 32.2. The van der Waals surface area contributed by atoms with Crippen LogP contribution < -0.4 is 4.72 Å². The maximum absolute atomic E-state index is 13.7. The van der Waals surface area contributed by atoms with E-state index in [1.807, 2.05) is 6.07 Å². The van der Waals surface area contributed by atoms with Crippen LogP contribution in [0.4, 0.5) is 4.39 Å². The average Bonchev–Trinajstić information content (AvgIpc) is 2.69. The van der Waals surface area contributed by atoms with Gasteiger partial charge in [-0.25, -0.2) is 17.5 Å². The lowest BCUT2D eigenvalue weighted by molar-refractivity contribution is 0.0171. The van der Waals surface area contributed by atoms with Gasteiger partial charge in [0, 0.05) is 25.7 Å². The van der Waals surface area contributed by atoms with Crippen molar-refractivity contribution in [2.75, 3.05) is 32.8 Å². The second-order valence-corrected chi connectivity index (χ2v) is 8.45. The Morgan fingerprint density at radius 1 is 1.18 bits per heavy atom. The molecule has 0 bridgehead atoms. The SMILES string of the molecule is N#Cc1cccc(CS(=O)(=O)NCC(c2cccc(F)c2)N2CCOCC2)c1. The summed E-state index contributed by atoms with van der Waals surface area (Å²) in [6.45, 7) is 2.53. The summed E-state index contributed by atoms with van der Waals surface area (Å²) in [6, 6.07) is 14.5. The molecule has 0 aliphatic carbocycles. The van der Waals surface area contributed by atoms with Crippen LogP contribution in [0.3, 0.4) is 0 Å². The quantitative estimate of drug-likeness (QED) is 0.766. The van der Waals surface area contributed by atoms with E-state index in [2.05, 4.69) is 9.62 Å². The third kappa shape index (κ3) is 5.59. The number of ether oxygens (including phenoxy) is 1. The van der Waals surface area contributed by atoms with Crippen LogP contribution in [0.2, 0.25) is 0 Å². The Balaban J connectivity index is 1.73. The van der Waals surface area contributed by atoms with Crippen LogP contribution in [-0.2, 0) is 20.5 Å². The summed E-state index contributed by atoms with van der Waals surface area (Å²) in [4.78, 5) is 2.09. The molecule has 0 saturated carbocycles. The summed E-state index contributed by atoms with van der Waals surface area (Å²) >= 11 is 0. The molecule has 6 nitrogen and oxygen atoms in total. The summed E-state index contributed by atoms with van der Waals surface area (Å²) < 4.78 is 46.9. The topological polar surface area (TPSA) is 82.4 Å². The first-order chi connectivity index (χ1) is 13.5. The monoisotopic (exact) mass is 403 g/mol. The molecule has 1 heterocycles. The average molecular weight is 403 g/mol. The smallest absolute Gasteiger partial charge is 0.215 e. The largest absolute Gasteiger partial charge is 0.379 e. The van der Waals surface area contributed by atoms with Gasteiger partial charge in [-0.1, -0.05) is 24.3 Å². The minimum absolute atomic E-state index is 0.129. The Morgan fingerprint density at radius 2 is 1.93 bits per heavy atom. The zero-order valence-electron chi connectivity index (χ0n) is 15.3. The van der Waals surface area contributed by atoms with Gasteiger partial charge in [0.05, 0.1) is 30.6 Å². The molecule has 2 aromatic carbocycles. The number of benzene rings is 2. The number of hydrogen-bond donors (Lipinski definition) is 1. The number of hydrogen-bond acceptors (Lipinski definition) is 5. The van der Waals surface area contributed by atoms with Gasteiger partial charge >= 0.3 is 0 Å². The second kappa shape index (κ2) is 9.26. The van der Waals surface area contributed by atoms with Gasteiger partial charge in [0.1, 0.15) is 5.82 Å². The fraction of sp³-hybridized carbons (Fsp3) is 0.350. The Hall–Kier alpha value is -2.31. The Labute approximate surface area is 164 Å². The molecule has 3 rings (SSSR count). The highest BCUT2D eigenvalue weighted by Gasteiger charge is 2.25. The lowest BCUT2D eigenvalue weighted by atomic mass is 10.0. The predicted octanol–water partition coefficient (Wildman–Crippen LogP) is 2.19. The molecule has 0 aromatic heterocycles. The molecule has 0 radical (unpaired) electrons. The summed E-state index contributed by atoms with van der Waals surface area (Å²) in [5.41, 5.74) is 1.68. The standard InChI is InChI=1S/C20H22FN3O3S/c21-19-6-2-5-18(12-19)20(24-7-9-27-10-8-24)14-23-28(25,26)15-17-4-1-3-16(11-17)13-22/h1-6,11-12,20,23H,7-10,14-15H2. The van der Waals surface area contributed by atoms with E-state index in [0.29, 0.717) is 37.4 Å². The highest BCUT2D eigenvalue weighted by molar-refractivity contribution is 7.88. The lowest BCUT2D eigenvalue weighted by Gasteiger charge is -2.34. The van der Waals surface area contributed by atoms with E-state index in [4.69, 9.17) is 10.00 Å². The van der Waals surface area contributed by atoms with E-state index < -0.39 is 10.0 Å². The van der Waals surface area contributed by atoms with Crippen molar-refractivity contribution in [3.05, 3.63) is 71.0 Å². The van der Waals surface area contributed by atoms with Crippen LogP contribution in [0.15, 0.2) is 48.5 Å². The minimum atomic E-state index is -3.62. The molecular weight excluding hydrogens is 381 g/mol. The van der Waals surface area contributed by atoms with Gasteiger partial charge in [-0.05, 0) is 35.4 Å². The summed E-state index contributed by atoms with van der Waals surface area (Å²) in [7, 11) is -3.62. The molecular formula is C20H22FN3O3S. The van der Waals surface area contributed by atoms with Crippen LogP contribution in [0.5, 0.6) is 0 Å². The van der Waals surface area contributed by atoms with Gasteiger partial charge in [0.2, 0.25) is 10.0 Å². The number of nitrogens with zero attached hydrogens (tertiary/aromatic N) is 2.